The van der Waals surface area contributed by atoms with Crippen LogP contribution in [0.2, 0.25) is 0 Å². The summed E-state index contributed by atoms with van der Waals surface area (Å²) in [4.78, 5) is 19.8. The Bertz CT molecular complexity index is 1540. The summed E-state index contributed by atoms with van der Waals surface area (Å²) in [5.74, 6) is 0.470. The molecule has 0 fully saturated rings. The Morgan fingerprint density at radius 1 is 0.951 bits per heavy atom. The van der Waals surface area contributed by atoms with Crippen LogP contribution in [0.4, 0.5) is 14.5 Å². The molecule has 0 bridgehead atoms. The van der Waals surface area contributed by atoms with Crippen molar-refractivity contribution >= 4 is 17.4 Å². The van der Waals surface area contributed by atoms with E-state index in [9.17, 15) is 18.7 Å². The van der Waals surface area contributed by atoms with Crippen LogP contribution in [0.15, 0.2) is 96.0 Å². The van der Waals surface area contributed by atoms with Gasteiger partial charge in [-0.25, -0.2) is 13.8 Å². The number of carbonyl (C=O) groups is 1. The van der Waals surface area contributed by atoms with Crippen LogP contribution < -0.4 is 10.1 Å². The number of aliphatic hydroxyl groups is 1. The Morgan fingerprint density at radius 2 is 1.56 bits per heavy atom. The number of nitrogens with one attached hydrogen (secondary N) is 1. The molecular weight excluding hydrogens is 524 g/mol. The standard InChI is InChI=1S/C33H31F2N3O3/c1-21(38(2)17-18-41-29-15-12-27(35)13-16-29)36-28-14-9-25-19-31(39)32(30(25)20-28)37-33(40)24-5-3-22(4-6-24)23-7-10-26(34)11-8-23/h3-16,20,31-32,39H,17-19H2,1-2H3,(H,37,40)/t31-,32-/m1/s1. The average molecular weight is 556 g/mol. The van der Waals surface area contributed by atoms with E-state index < -0.39 is 12.1 Å². The molecule has 2 N–H and O–H groups in total. The van der Waals surface area contributed by atoms with Crippen molar-refractivity contribution in [1.29, 1.82) is 0 Å². The molecule has 0 aromatic heterocycles. The van der Waals surface area contributed by atoms with Gasteiger partial charge in [0.05, 0.1) is 24.4 Å². The van der Waals surface area contributed by atoms with Gasteiger partial charge in [0.25, 0.3) is 5.91 Å². The monoisotopic (exact) mass is 555 g/mol. The van der Waals surface area contributed by atoms with Gasteiger partial charge in [-0.05, 0) is 89.8 Å². The molecule has 4 aromatic rings. The number of amidine groups is 1. The first-order valence-corrected chi connectivity index (χ1v) is 13.4. The third-order valence-corrected chi connectivity index (χ3v) is 7.24. The van der Waals surface area contributed by atoms with Crippen molar-refractivity contribution in [2.24, 2.45) is 4.99 Å². The zero-order valence-corrected chi connectivity index (χ0v) is 22.9. The topological polar surface area (TPSA) is 74.2 Å². The van der Waals surface area contributed by atoms with Crippen molar-refractivity contribution in [3.63, 3.8) is 0 Å². The predicted molar refractivity (Wildman–Crippen MR) is 155 cm³/mol. The molecule has 0 radical (unpaired) electrons. The fraction of sp³-hybridized carbons (Fsp3) is 0.212. The summed E-state index contributed by atoms with van der Waals surface area (Å²) in [6.07, 6.45) is -0.313. The van der Waals surface area contributed by atoms with E-state index in [0.29, 0.717) is 36.6 Å². The highest BCUT2D eigenvalue weighted by Gasteiger charge is 2.32. The summed E-state index contributed by atoms with van der Waals surface area (Å²) in [6, 6.07) is 24.3. The minimum absolute atomic E-state index is 0.293. The molecule has 5 rings (SSSR count). The number of rotatable bonds is 8. The lowest BCUT2D eigenvalue weighted by molar-refractivity contribution is 0.0858. The molecule has 4 aromatic carbocycles. The van der Waals surface area contributed by atoms with Crippen LogP contribution in [0, 0.1) is 11.6 Å². The molecule has 0 aliphatic heterocycles. The van der Waals surface area contributed by atoms with E-state index in [2.05, 4.69) is 5.32 Å². The van der Waals surface area contributed by atoms with E-state index >= 15 is 0 Å². The molecule has 1 aliphatic carbocycles. The van der Waals surface area contributed by atoms with E-state index in [1.54, 1.807) is 36.4 Å². The highest BCUT2D eigenvalue weighted by molar-refractivity contribution is 5.95. The second kappa shape index (κ2) is 12.3. The smallest absolute Gasteiger partial charge is 0.251 e. The first-order chi connectivity index (χ1) is 19.8. The summed E-state index contributed by atoms with van der Waals surface area (Å²) in [6.45, 7) is 2.88. The van der Waals surface area contributed by atoms with Crippen molar-refractivity contribution in [2.45, 2.75) is 25.5 Å². The lowest BCUT2D eigenvalue weighted by Gasteiger charge is -2.20. The summed E-state index contributed by atoms with van der Waals surface area (Å²) in [5.41, 5.74) is 4.71. The predicted octanol–water partition coefficient (Wildman–Crippen LogP) is 6.08. The first-order valence-electron chi connectivity index (χ1n) is 13.4. The zero-order chi connectivity index (χ0) is 28.9. The fourth-order valence-electron chi connectivity index (χ4n) is 4.80. The van der Waals surface area contributed by atoms with E-state index in [-0.39, 0.29) is 17.5 Å². The largest absolute Gasteiger partial charge is 0.492 e. The average Bonchev–Trinajstić information content (AvgIpc) is 3.28. The van der Waals surface area contributed by atoms with Gasteiger partial charge in [-0.15, -0.1) is 0 Å². The Labute approximate surface area is 237 Å². The van der Waals surface area contributed by atoms with Gasteiger partial charge in [-0.2, -0.15) is 0 Å². The van der Waals surface area contributed by atoms with E-state index in [1.807, 2.05) is 49.2 Å². The van der Waals surface area contributed by atoms with Crippen LogP contribution in [0.25, 0.3) is 11.1 Å². The maximum atomic E-state index is 13.2. The van der Waals surface area contributed by atoms with E-state index in [1.165, 1.54) is 24.3 Å². The normalized spacial score (nSPS) is 16.3. The highest BCUT2D eigenvalue weighted by Crippen LogP contribution is 2.35. The second-order valence-corrected chi connectivity index (χ2v) is 10.1. The summed E-state index contributed by atoms with van der Waals surface area (Å²) < 4.78 is 32.0. The number of aliphatic imine (C=N–C) groups is 1. The van der Waals surface area contributed by atoms with Gasteiger partial charge in [0, 0.05) is 19.0 Å². The van der Waals surface area contributed by atoms with Crippen LogP contribution in [-0.2, 0) is 6.42 Å². The van der Waals surface area contributed by atoms with Crippen molar-refractivity contribution in [3.8, 4) is 16.9 Å². The molecule has 0 saturated heterocycles. The number of halogens is 2. The molecule has 2 atom stereocenters. The summed E-state index contributed by atoms with van der Waals surface area (Å²) in [7, 11) is 1.91. The highest BCUT2D eigenvalue weighted by atomic mass is 19.1. The molecule has 0 heterocycles. The Kier molecular flexibility index (Phi) is 8.40. The van der Waals surface area contributed by atoms with Gasteiger partial charge in [0.1, 0.15) is 29.8 Å². The van der Waals surface area contributed by atoms with Gasteiger partial charge >= 0.3 is 0 Å². The molecule has 0 spiro atoms. The molecule has 210 valence electrons. The maximum absolute atomic E-state index is 13.2. The van der Waals surface area contributed by atoms with Crippen molar-refractivity contribution in [1.82, 2.24) is 10.2 Å². The number of carbonyl (C=O) groups excluding carboxylic acids is 1. The zero-order valence-electron chi connectivity index (χ0n) is 22.9. The minimum atomic E-state index is -0.751. The minimum Gasteiger partial charge on any atom is -0.492 e. The number of ether oxygens (including phenoxy) is 1. The number of fused-ring (bicyclic) bond motifs is 1. The molecule has 0 unspecified atom stereocenters. The maximum Gasteiger partial charge on any atom is 0.251 e. The number of aliphatic hydroxyl groups excluding tert-OH is 1. The van der Waals surface area contributed by atoms with Crippen molar-refractivity contribution in [2.75, 3.05) is 20.2 Å². The number of benzene rings is 4. The molecule has 8 heteroatoms. The lowest BCUT2D eigenvalue weighted by Crippen LogP contribution is -2.33. The van der Waals surface area contributed by atoms with Gasteiger partial charge in [0.2, 0.25) is 0 Å². The van der Waals surface area contributed by atoms with Crippen LogP contribution in [0.5, 0.6) is 5.75 Å². The van der Waals surface area contributed by atoms with Crippen LogP contribution in [0.1, 0.15) is 34.5 Å². The van der Waals surface area contributed by atoms with Gasteiger partial charge < -0.3 is 20.1 Å². The second-order valence-electron chi connectivity index (χ2n) is 10.1. The van der Waals surface area contributed by atoms with Gasteiger partial charge in [0.15, 0.2) is 0 Å². The number of hydrogen-bond acceptors (Lipinski definition) is 4. The number of hydrogen-bond donors (Lipinski definition) is 2. The SMILES string of the molecule is CC(=Nc1ccc2c(c1)[C@@H](NC(=O)c1ccc(-c3ccc(F)cc3)cc1)[C@H](O)C2)N(C)CCOc1ccc(F)cc1. The molecule has 1 amide bonds. The van der Waals surface area contributed by atoms with E-state index in [4.69, 9.17) is 9.73 Å². The van der Waals surface area contributed by atoms with Gasteiger partial charge in [-0.3, -0.25) is 4.79 Å². The number of nitrogens with zero attached hydrogens (tertiary/aromatic N) is 2. The molecule has 0 saturated carbocycles. The fourth-order valence-corrected chi connectivity index (χ4v) is 4.80. The van der Waals surface area contributed by atoms with Gasteiger partial charge in [-0.1, -0.05) is 30.3 Å². The molecule has 1 aliphatic rings. The lowest BCUT2D eigenvalue weighted by atomic mass is 10.0. The van der Waals surface area contributed by atoms with Crippen molar-refractivity contribution in [3.05, 3.63) is 119 Å². The number of amides is 1. The van der Waals surface area contributed by atoms with Crippen LogP contribution in [0.3, 0.4) is 0 Å². The van der Waals surface area contributed by atoms with E-state index in [0.717, 1.165) is 28.1 Å². The van der Waals surface area contributed by atoms with Crippen LogP contribution in [-0.4, -0.2) is 48.1 Å². The number of likely N-dealkylation sites (N-methyl/N-ethyl adjacent to an activating group) is 1. The molecule has 41 heavy (non-hydrogen) atoms. The molecular formula is C33H31F2N3O3. The third kappa shape index (κ3) is 6.78. The summed E-state index contributed by atoms with van der Waals surface area (Å²) in [5, 5.41) is 13.7. The van der Waals surface area contributed by atoms with Crippen LogP contribution >= 0.6 is 0 Å². The van der Waals surface area contributed by atoms with Crippen molar-refractivity contribution < 1.29 is 23.4 Å². The summed E-state index contributed by atoms with van der Waals surface area (Å²) >= 11 is 0. The Balaban J connectivity index is 1.23. The Morgan fingerprint density at radius 3 is 2.22 bits per heavy atom. The quantitative estimate of drug-likeness (QED) is 0.204. The third-order valence-electron chi connectivity index (χ3n) is 7.24. The Hall–Kier alpha value is -4.56. The molecule has 6 nitrogen and oxygen atoms in total. The first kappa shape index (κ1) is 28.0.